The van der Waals surface area contributed by atoms with E-state index in [9.17, 15) is 9.59 Å². The van der Waals surface area contributed by atoms with E-state index in [0.29, 0.717) is 36.9 Å². The van der Waals surface area contributed by atoms with Crippen LogP contribution in [0.4, 0.5) is 5.69 Å². The maximum Gasteiger partial charge on any atom is 0.227 e. The second kappa shape index (κ2) is 8.18. The predicted molar refractivity (Wildman–Crippen MR) is 120 cm³/mol. The average Bonchev–Trinajstić information content (AvgIpc) is 3.40. The van der Waals surface area contributed by atoms with Crippen LogP contribution in [0.3, 0.4) is 0 Å². The largest absolute Gasteiger partial charge is 0.486 e. The average molecular weight is 434 g/mol. The molecule has 8 heteroatoms. The van der Waals surface area contributed by atoms with Crippen LogP contribution in [0.15, 0.2) is 42.5 Å². The Hall–Kier alpha value is -3.55. The van der Waals surface area contributed by atoms with Gasteiger partial charge < -0.3 is 24.7 Å². The number of imidazole rings is 1. The van der Waals surface area contributed by atoms with E-state index in [1.807, 2.05) is 44.2 Å². The van der Waals surface area contributed by atoms with Gasteiger partial charge in [-0.3, -0.25) is 9.59 Å². The van der Waals surface area contributed by atoms with E-state index in [-0.39, 0.29) is 30.2 Å². The zero-order valence-electron chi connectivity index (χ0n) is 18.1. The third-order valence-electron chi connectivity index (χ3n) is 6.00. The van der Waals surface area contributed by atoms with Gasteiger partial charge in [0.2, 0.25) is 11.8 Å². The lowest BCUT2D eigenvalue weighted by atomic mass is 10.0. The number of carbonyl (C=O) groups excluding carboxylic acids is 2. The third kappa shape index (κ3) is 3.77. The molecule has 3 aromatic rings. The number of aromatic amines is 1. The fraction of sp³-hybridized carbons (Fsp3) is 0.375. The Morgan fingerprint density at radius 1 is 1.16 bits per heavy atom. The van der Waals surface area contributed by atoms with Crippen molar-refractivity contribution in [2.24, 2.45) is 11.8 Å². The van der Waals surface area contributed by atoms with Gasteiger partial charge in [-0.05, 0) is 30.2 Å². The standard InChI is InChI=1S/C24H26N4O4/c1-14(2)22(23-25-17-5-3-4-6-18(17)26-23)27-24(30)15-11-21(29)28(13-15)16-7-8-19-20(12-16)32-10-9-31-19/h3-8,12,14-15,22H,9-11,13H2,1-2H3,(H,25,26)(H,27,30)/t15?,22-/m0/s1. The lowest BCUT2D eigenvalue weighted by Crippen LogP contribution is -2.38. The Morgan fingerprint density at radius 3 is 2.72 bits per heavy atom. The van der Waals surface area contributed by atoms with E-state index in [2.05, 4.69) is 15.3 Å². The van der Waals surface area contributed by atoms with Crippen molar-refractivity contribution in [3.05, 3.63) is 48.3 Å². The number of nitrogens with one attached hydrogen (secondary N) is 2. The summed E-state index contributed by atoms with van der Waals surface area (Å²) in [5, 5.41) is 3.12. The molecule has 166 valence electrons. The molecule has 1 unspecified atom stereocenters. The number of hydrogen-bond donors (Lipinski definition) is 2. The molecule has 2 N–H and O–H groups in total. The van der Waals surface area contributed by atoms with Crippen molar-refractivity contribution in [3.8, 4) is 11.5 Å². The van der Waals surface area contributed by atoms with Gasteiger partial charge in [0.1, 0.15) is 19.0 Å². The van der Waals surface area contributed by atoms with E-state index >= 15 is 0 Å². The van der Waals surface area contributed by atoms with Crippen molar-refractivity contribution < 1.29 is 19.1 Å². The number of ether oxygens (including phenoxy) is 2. The van der Waals surface area contributed by atoms with E-state index in [0.717, 1.165) is 16.9 Å². The SMILES string of the molecule is CC(C)[C@H](NC(=O)C1CC(=O)N(c2ccc3c(c2)OCCO3)C1)c1nc2ccccc2[nH]1. The van der Waals surface area contributed by atoms with Crippen molar-refractivity contribution >= 4 is 28.5 Å². The number of rotatable bonds is 5. The Labute approximate surface area is 185 Å². The Bertz CT molecular complexity index is 1140. The second-order valence-electron chi connectivity index (χ2n) is 8.60. The van der Waals surface area contributed by atoms with Crippen molar-refractivity contribution in [2.75, 3.05) is 24.7 Å². The van der Waals surface area contributed by atoms with Gasteiger partial charge in [-0.25, -0.2) is 4.98 Å². The van der Waals surface area contributed by atoms with Crippen LogP contribution in [-0.2, 0) is 9.59 Å². The highest BCUT2D eigenvalue weighted by atomic mass is 16.6. The van der Waals surface area contributed by atoms with Gasteiger partial charge in [0, 0.05) is 24.7 Å². The van der Waals surface area contributed by atoms with E-state index in [1.54, 1.807) is 17.0 Å². The molecule has 0 spiro atoms. The fourth-order valence-electron chi connectivity index (χ4n) is 4.27. The monoisotopic (exact) mass is 434 g/mol. The number of hydrogen-bond acceptors (Lipinski definition) is 5. The number of aromatic nitrogens is 2. The molecule has 0 bridgehead atoms. The van der Waals surface area contributed by atoms with E-state index < -0.39 is 5.92 Å². The summed E-state index contributed by atoms with van der Waals surface area (Å²) in [6, 6.07) is 13.0. The predicted octanol–water partition coefficient (Wildman–Crippen LogP) is 3.20. The van der Waals surface area contributed by atoms with Crippen LogP contribution < -0.4 is 19.7 Å². The quantitative estimate of drug-likeness (QED) is 0.643. The lowest BCUT2D eigenvalue weighted by molar-refractivity contribution is -0.127. The Kier molecular flexibility index (Phi) is 5.20. The molecular formula is C24H26N4O4. The van der Waals surface area contributed by atoms with Crippen LogP contribution in [-0.4, -0.2) is 41.5 Å². The second-order valence-corrected chi connectivity index (χ2v) is 8.60. The number of amides is 2. The first kappa shape index (κ1) is 20.4. The molecule has 0 radical (unpaired) electrons. The molecular weight excluding hydrogens is 408 g/mol. The molecule has 5 rings (SSSR count). The van der Waals surface area contributed by atoms with Gasteiger partial charge >= 0.3 is 0 Å². The Balaban J connectivity index is 1.31. The number of carbonyl (C=O) groups is 2. The van der Waals surface area contributed by atoms with Crippen LogP contribution in [0.5, 0.6) is 11.5 Å². The summed E-state index contributed by atoms with van der Waals surface area (Å²) in [5.41, 5.74) is 2.51. The van der Waals surface area contributed by atoms with Gasteiger partial charge in [0.15, 0.2) is 11.5 Å². The van der Waals surface area contributed by atoms with Crippen LogP contribution in [0, 0.1) is 11.8 Å². The number of nitrogens with zero attached hydrogens (tertiary/aromatic N) is 2. The molecule has 0 saturated carbocycles. The van der Waals surface area contributed by atoms with Crippen LogP contribution in [0.25, 0.3) is 11.0 Å². The minimum atomic E-state index is -0.429. The zero-order chi connectivity index (χ0) is 22.2. The van der Waals surface area contributed by atoms with Crippen molar-refractivity contribution in [1.29, 1.82) is 0 Å². The smallest absolute Gasteiger partial charge is 0.227 e. The summed E-state index contributed by atoms with van der Waals surface area (Å²) in [7, 11) is 0. The van der Waals surface area contributed by atoms with Crippen molar-refractivity contribution in [2.45, 2.75) is 26.3 Å². The summed E-state index contributed by atoms with van der Waals surface area (Å²) in [6.07, 6.45) is 0.172. The number of fused-ring (bicyclic) bond motifs is 2. The lowest BCUT2D eigenvalue weighted by Gasteiger charge is -2.23. The molecule has 8 nitrogen and oxygen atoms in total. The third-order valence-corrected chi connectivity index (χ3v) is 6.00. The first-order chi connectivity index (χ1) is 15.5. The number of para-hydroxylation sites is 2. The van der Waals surface area contributed by atoms with Crippen LogP contribution >= 0.6 is 0 Å². The molecule has 3 heterocycles. The first-order valence-corrected chi connectivity index (χ1v) is 10.9. The van der Waals surface area contributed by atoms with Gasteiger partial charge in [-0.15, -0.1) is 0 Å². The maximum absolute atomic E-state index is 13.1. The van der Waals surface area contributed by atoms with Gasteiger partial charge in [0.25, 0.3) is 0 Å². The van der Waals surface area contributed by atoms with Gasteiger partial charge in [-0.1, -0.05) is 26.0 Å². The Morgan fingerprint density at radius 2 is 1.94 bits per heavy atom. The van der Waals surface area contributed by atoms with Crippen LogP contribution in [0.2, 0.25) is 0 Å². The molecule has 1 saturated heterocycles. The highest BCUT2D eigenvalue weighted by Crippen LogP contribution is 2.36. The van der Waals surface area contributed by atoms with E-state index in [4.69, 9.17) is 9.47 Å². The summed E-state index contributed by atoms with van der Waals surface area (Å²) in [6.45, 7) is 5.40. The number of H-pyrrole nitrogens is 1. The maximum atomic E-state index is 13.1. The highest BCUT2D eigenvalue weighted by molar-refractivity contribution is 6.00. The minimum absolute atomic E-state index is 0.0772. The molecule has 1 aromatic heterocycles. The topological polar surface area (TPSA) is 96.6 Å². The summed E-state index contributed by atoms with van der Waals surface area (Å²) in [5.74, 6) is 1.50. The van der Waals surface area contributed by atoms with Crippen molar-refractivity contribution in [1.82, 2.24) is 15.3 Å². The van der Waals surface area contributed by atoms with Gasteiger partial charge in [-0.2, -0.15) is 0 Å². The molecule has 1 fully saturated rings. The molecule has 2 aliphatic heterocycles. The molecule has 32 heavy (non-hydrogen) atoms. The molecule has 2 amide bonds. The molecule has 2 aromatic carbocycles. The first-order valence-electron chi connectivity index (χ1n) is 10.9. The number of anilines is 1. The zero-order valence-corrected chi connectivity index (χ0v) is 18.1. The molecule has 2 atom stereocenters. The fourth-order valence-corrected chi connectivity index (χ4v) is 4.27. The molecule has 0 aliphatic carbocycles. The van der Waals surface area contributed by atoms with Crippen molar-refractivity contribution in [3.63, 3.8) is 0 Å². The normalized spacial score (nSPS) is 18.9. The van der Waals surface area contributed by atoms with Crippen LogP contribution in [0.1, 0.15) is 32.1 Å². The highest BCUT2D eigenvalue weighted by Gasteiger charge is 2.37. The molecule has 2 aliphatic rings. The van der Waals surface area contributed by atoms with Gasteiger partial charge in [0.05, 0.1) is 23.0 Å². The number of benzene rings is 2. The van der Waals surface area contributed by atoms with E-state index in [1.165, 1.54) is 0 Å². The summed E-state index contributed by atoms with van der Waals surface area (Å²) in [4.78, 5) is 35.5. The summed E-state index contributed by atoms with van der Waals surface area (Å²) < 4.78 is 11.2. The minimum Gasteiger partial charge on any atom is -0.486 e. The summed E-state index contributed by atoms with van der Waals surface area (Å²) >= 11 is 0.